The van der Waals surface area contributed by atoms with Crippen molar-refractivity contribution in [2.75, 3.05) is 19.6 Å². The van der Waals surface area contributed by atoms with E-state index in [1.54, 1.807) is 0 Å². The van der Waals surface area contributed by atoms with Crippen molar-refractivity contribution in [3.63, 3.8) is 0 Å². The van der Waals surface area contributed by atoms with E-state index < -0.39 is 0 Å². The van der Waals surface area contributed by atoms with Gasteiger partial charge in [-0.2, -0.15) is 0 Å². The molecule has 2 aliphatic rings. The molecule has 0 aliphatic carbocycles. The van der Waals surface area contributed by atoms with Crippen molar-refractivity contribution >= 4 is 11.8 Å². The summed E-state index contributed by atoms with van der Waals surface area (Å²) in [4.78, 5) is 23.0. The lowest BCUT2D eigenvalue weighted by molar-refractivity contribution is -0.126. The minimum Gasteiger partial charge on any atom is -0.355 e. The molecular weight excluding hydrogens is 230 g/mol. The maximum absolute atomic E-state index is 11.9. The minimum absolute atomic E-state index is 0.00322. The van der Waals surface area contributed by atoms with Crippen LogP contribution >= 0.6 is 0 Å². The number of carbonyl (C=O) groups is 2. The van der Waals surface area contributed by atoms with Crippen molar-refractivity contribution in [2.45, 2.75) is 39.2 Å². The molecule has 0 aromatic rings. The third-order valence-corrected chi connectivity index (χ3v) is 4.16. The van der Waals surface area contributed by atoms with E-state index in [2.05, 4.69) is 29.8 Å². The lowest BCUT2D eigenvalue weighted by Gasteiger charge is -2.39. The Morgan fingerprint density at radius 2 is 2.28 bits per heavy atom. The summed E-state index contributed by atoms with van der Waals surface area (Å²) in [6.45, 7) is 6.61. The van der Waals surface area contributed by atoms with E-state index in [-0.39, 0.29) is 23.1 Å². The molecule has 0 aromatic carbocycles. The predicted octanol–water partition coefficient (Wildman–Crippen LogP) is 0.0169. The zero-order valence-electron chi connectivity index (χ0n) is 11.2. The van der Waals surface area contributed by atoms with Gasteiger partial charge in [0.25, 0.3) is 0 Å². The van der Waals surface area contributed by atoms with Gasteiger partial charge in [0, 0.05) is 25.6 Å². The highest BCUT2D eigenvalue weighted by atomic mass is 16.2. The van der Waals surface area contributed by atoms with Gasteiger partial charge in [-0.25, -0.2) is 0 Å². The van der Waals surface area contributed by atoms with Gasteiger partial charge >= 0.3 is 0 Å². The fourth-order valence-electron chi connectivity index (χ4n) is 2.76. The number of hydrogen-bond acceptors (Lipinski definition) is 3. The predicted molar refractivity (Wildman–Crippen MR) is 68.9 cm³/mol. The van der Waals surface area contributed by atoms with Gasteiger partial charge in [-0.05, 0) is 24.8 Å². The summed E-state index contributed by atoms with van der Waals surface area (Å²) in [5.74, 6) is -0.216. The molecule has 2 atom stereocenters. The van der Waals surface area contributed by atoms with Crippen molar-refractivity contribution in [1.29, 1.82) is 0 Å². The Morgan fingerprint density at radius 3 is 2.89 bits per heavy atom. The first-order valence-electron chi connectivity index (χ1n) is 6.77. The topological polar surface area (TPSA) is 70.2 Å². The first-order chi connectivity index (χ1) is 8.49. The van der Waals surface area contributed by atoms with E-state index in [1.807, 2.05) is 0 Å². The Balaban J connectivity index is 1.80. The molecule has 0 spiro atoms. The van der Waals surface area contributed by atoms with Crippen LogP contribution in [0, 0.1) is 11.3 Å². The maximum Gasteiger partial charge on any atom is 0.225 e. The zero-order chi connectivity index (χ0) is 13.2. The molecule has 2 amide bonds. The largest absolute Gasteiger partial charge is 0.355 e. The van der Waals surface area contributed by atoms with E-state index in [0.29, 0.717) is 25.6 Å². The highest BCUT2D eigenvalue weighted by Crippen LogP contribution is 2.29. The molecule has 5 nitrogen and oxygen atoms in total. The molecule has 3 N–H and O–H groups in total. The minimum atomic E-state index is -0.191. The molecule has 2 fully saturated rings. The van der Waals surface area contributed by atoms with Crippen LogP contribution in [-0.4, -0.2) is 37.5 Å². The van der Waals surface area contributed by atoms with Gasteiger partial charge in [0.1, 0.15) is 0 Å². The average Bonchev–Trinajstić information content (AvgIpc) is 2.73. The molecule has 5 heteroatoms. The lowest BCUT2D eigenvalue weighted by atomic mass is 9.77. The normalized spacial score (nSPS) is 30.9. The molecule has 2 rings (SSSR count). The summed E-state index contributed by atoms with van der Waals surface area (Å²) in [5.41, 5.74) is 0.218. The molecule has 102 valence electrons. The summed E-state index contributed by atoms with van der Waals surface area (Å²) in [5, 5.41) is 9.13. The van der Waals surface area contributed by atoms with Gasteiger partial charge in [0.05, 0.1) is 5.92 Å². The second kappa shape index (κ2) is 5.26. The van der Waals surface area contributed by atoms with Gasteiger partial charge < -0.3 is 16.0 Å². The van der Waals surface area contributed by atoms with Crippen LogP contribution < -0.4 is 16.0 Å². The number of carbonyl (C=O) groups excluding carboxylic acids is 2. The van der Waals surface area contributed by atoms with E-state index in [1.165, 1.54) is 12.8 Å². The molecule has 0 saturated carbocycles. The number of amides is 2. The van der Waals surface area contributed by atoms with Crippen LogP contribution in [0.5, 0.6) is 0 Å². The van der Waals surface area contributed by atoms with E-state index >= 15 is 0 Å². The molecule has 0 bridgehead atoms. The smallest absolute Gasteiger partial charge is 0.225 e. The van der Waals surface area contributed by atoms with Gasteiger partial charge in [-0.3, -0.25) is 9.59 Å². The first kappa shape index (κ1) is 13.3. The van der Waals surface area contributed by atoms with Crippen molar-refractivity contribution < 1.29 is 9.59 Å². The maximum atomic E-state index is 11.9. The first-order valence-corrected chi connectivity index (χ1v) is 6.77. The Hall–Kier alpha value is -1.10. The molecule has 18 heavy (non-hydrogen) atoms. The highest BCUT2D eigenvalue weighted by molar-refractivity contribution is 5.89. The van der Waals surface area contributed by atoms with Crippen LogP contribution in [0.15, 0.2) is 0 Å². The Kier molecular flexibility index (Phi) is 3.90. The molecule has 2 saturated heterocycles. The van der Waals surface area contributed by atoms with Crippen molar-refractivity contribution in [2.24, 2.45) is 11.3 Å². The van der Waals surface area contributed by atoms with Gasteiger partial charge in [0.2, 0.25) is 11.8 Å². The van der Waals surface area contributed by atoms with Crippen molar-refractivity contribution in [1.82, 2.24) is 16.0 Å². The summed E-state index contributed by atoms with van der Waals surface area (Å²) in [7, 11) is 0. The molecule has 2 aliphatic heterocycles. The zero-order valence-corrected chi connectivity index (χ0v) is 11.2. The third kappa shape index (κ3) is 3.02. The SMILES string of the molecule is CC1(C)CCCNC1CNC(=O)C1CNC(=O)C1. The molecule has 0 radical (unpaired) electrons. The fraction of sp³-hybridized carbons (Fsp3) is 0.846. The van der Waals surface area contributed by atoms with Gasteiger partial charge in [-0.15, -0.1) is 0 Å². The monoisotopic (exact) mass is 253 g/mol. The number of piperidine rings is 1. The Bertz CT molecular complexity index is 341. The third-order valence-electron chi connectivity index (χ3n) is 4.16. The second-order valence-corrected chi connectivity index (χ2v) is 6.05. The lowest BCUT2D eigenvalue weighted by Crippen LogP contribution is -2.53. The van der Waals surface area contributed by atoms with Crippen LogP contribution in [0.3, 0.4) is 0 Å². The van der Waals surface area contributed by atoms with Crippen LogP contribution in [-0.2, 0) is 9.59 Å². The molecule has 2 heterocycles. The summed E-state index contributed by atoms with van der Waals surface area (Å²) in [6.07, 6.45) is 2.70. The van der Waals surface area contributed by atoms with Gasteiger partial charge in [0.15, 0.2) is 0 Å². The fourth-order valence-corrected chi connectivity index (χ4v) is 2.76. The van der Waals surface area contributed by atoms with Gasteiger partial charge in [-0.1, -0.05) is 13.8 Å². The van der Waals surface area contributed by atoms with Crippen molar-refractivity contribution in [3.8, 4) is 0 Å². The molecular formula is C13H23N3O2. The average molecular weight is 253 g/mol. The second-order valence-electron chi connectivity index (χ2n) is 6.05. The molecule has 2 unspecified atom stereocenters. The molecule has 0 aromatic heterocycles. The number of nitrogens with one attached hydrogen (secondary N) is 3. The number of hydrogen-bond donors (Lipinski definition) is 3. The Labute approximate surface area is 108 Å². The summed E-state index contributed by atoms with van der Waals surface area (Å²) >= 11 is 0. The van der Waals surface area contributed by atoms with Crippen molar-refractivity contribution in [3.05, 3.63) is 0 Å². The van der Waals surface area contributed by atoms with Crippen LogP contribution in [0.25, 0.3) is 0 Å². The van der Waals surface area contributed by atoms with Crippen LogP contribution in [0.4, 0.5) is 0 Å². The quantitative estimate of drug-likeness (QED) is 0.664. The highest BCUT2D eigenvalue weighted by Gasteiger charge is 2.33. The van der Waals surface area contributed by atoms with Crippen LogP contribution in [0.2, 0.25) is 0 Å². The van der Waals surface area contributed by atoms with E-state index in [0.717, 1.165) is 6.54 Å². The van der Waals surface area contributed by atoms with E-state index in [9.17, 15) is 9.59 Å². The summed E-state index contributed by atoms with van der Waals surface area (Å²) < 4.78 is 0. The summed E-state index contributed by atoms with van der Waals surface area (Å²) in [6, 6.07) is 0.320. The number of rotatable bonds is 3. The Morgan fingerprint density at radius 1 is 1.50 bits per heavy atom. The van der Waals surface area contributed by atoms with Crippen LogP contribution in [0.1, 0.15) is 33.1 Å². The van der Waals surface area contributed by atoms with E-state index in [4.69, 9.17) is 0 Å². The standard InChI is InChI=1S/C13H23N3O2/c1-13(2)4-3-5-14-10(13)8-16-12(18)9-6-11(17)15-7-9/h9-10,14H,3-8H2,1-2H3,(H,15,17)(H,16,18).